The van der Waals surface area contributed by atoms with E-state index in [-0.39, 0.29) is 16.9 Å². The summed E-state index contributed by atoms with van der Waals surface area (Å²) in [5, 5.41) is 9.05. The summed E-state index contributed by atoms with van der Waals surface area (Å²) in [6.07, 6.45) is -3.49. The average Bonchev–Trinajstić information content (AvgIpc) is 2.99. The molecule has 6 nitrogen and oxygen atoms in total. The van der Waals surface area contributed by atoms with Gasteiger partial charge in [-0.05, 0) is 49.6 Å². The Morgan fingerprint density at radius 1 is 1.27 bits per heavy atom. The van der Waals surface area contributed by atoms with Gasteiger partial charge in [0.05, 0.1) is 35.6 Å². The van der Waals surface area contributed by atoms with Crippen LogP contribution in [0.15, 0.2) is 36.4 Å². The molecule has 1 atom stereocenters. The molecule has 1 aliphatic heterocycles. The van der Waals surface area contributed by atoms with Crippen LogP contribution in [0.5, 0.6) is 0 Å². The molecule has 0 radical (unpaired) electrons. The highest BCUT2D eigenvalue weighted by atomic mass is 32.1. The van der Waals surface area contributed by atoms with Gasteiger partial charge >= 0.3 is 12.1 Å². The van der Waals surface area contributed by atoms with E-state index >= 15 is 4.39 Å². The van der Waals surface area contributed by atoms with Crippen LogP contribution in [0.4, 0.5) is 28.9 Å². The van der Waals surface area contributed by atoms with E-state index in [1.54, 1.807) is 0 Å². The Morgan fingerprint density at radius 3 is 2.52 bits per heavy atom. The van der Waals surface area contributed by atoms with Crippen molar-refractivity contribution in [3.63, 3.8) is 0 Å². The Kier molecular flexibility index (Phi) is 5.52. The van der Waals surface area contributed by atoms with Crippen molar-refractivity contribution in [1.82, 2.24) is 0 Å². The second-order valence-corrected chi connectivity index (χ2v) is 8.21. The maximum absolute atomic E-state index is 15.3. The highest BCUT2D eigenvalue weighted by Crippen LogP contribution is 2.51. The number of ether oxygens (including phenoxy) is 1. The molecule has 1 spiro atoms. The molecule has 2 aliphatic rings. The molecule has 2 fully saturated rings. The monoisotopic (exact) mass is 479 g/mol. The molecule has 172 valence electrons. The number of methoxy groups -OCH3 is 1. The Balaban J connectivity index is 1.84. The summed E-state index contributed by atoms with van der Waals surface area (Å²) in [5.41, 5.74) is -4.68. The van der Waals surface area contributed by atoms with Crippen LogP contribution in [0, 0.1) is 17.1 Å². The lowest BCUT2D eigenvalue weighted by Gasteiger charge is -2.44. The molecule has 4 rings (SSSR count). The molecule has 0 aromatic heterocycles. The molecule has 11 heteroatoms. The molecule has 1 amide bonds. The summed E-state index contributed by atoms with van der Waals surface area (Å²) in [4.78, 5) is 27.9. The van der Waals surface area contributed by atoms with E-state index in [4.69, 9.17) is 5.26 Å². The minimum absolute atomic E-state index is 0.0851. The zero-order valence-electron chi connectivity index (χ0n) is 17.2. The van der Waals surface area contributed by atoms with Crippen LogP contribution in [0.3, 0.4) is 0 Å². The van der Waals surface area contributed by atoms with Crippen LogP contribution in [0.2, 0.25) is 0 Å². The van der Waals surface area contributed by atoms with Gasteiger partial charge in [-0.2, -0.15) is 18.4 Å². The quantitative estimate of drug-likeness (QED) is 0.399. The molecule has 2 aromatic carbocycles. The summed E-state index contributed by atoms with van der Waals surface area (Å²) < 4.78 is 60.4. The van der Waals surface area contributed by atoms with Crippen LogP contribution < -0.4 is 9.80 Å². The smallest absolute Gasteiger partial charge is 0.417 e. The number of hydrogen-bond acceptors (Lipinski definition) is 6. The maximum atomic E-state index is 15.3. The van der Waals surface area contributed by atoms with Gasteiger partial charge < -0.3 is 9.64 Å². The Morgan fingerprint density at radius 2 is 1.97 bits per heavy atom. The summed E-state index contributed by atoms with van der Waals surface area (Å²) in [5.74, 6) is -2.35. The summed E-state index contributed by atoms with van der Waals surface area (Å²) in [6.45, 7) is 0. The first-order chi connectivity index (χ1) is 15.6. The van der Waals surface area contributed by atoms with Crippen molar-refractivity contribution in [2.24, 2.45) is 0 Å². The van der Waals surface area contributed by atoms with Gasteiger partial charge in [0, 0.05) is 5.69 Å². The molecule has 1 unspecified atom stereocenters. The Hall–Kier alpha value is -3.26. The fraction of sp³-hybridized carbons (Fsp3) is 0.318. The fourth-order valence-electron chi connectivity index (χ4n) is 4.33. The zero-order chi connectivity index (χ0) is 24.1. The van der Waals surface area contributed by atoms with E-state index in [9.17, 15) is 22.8 Å². The third-order valence-electron chi connectivity index (χ3n) is 6.07. The van der Waals surface area contributed by atoms with Gasteiger partial charge in [-0.3, -0.25) is 9.69 Å². The number of halogens is 4. The topological polar surface area (TPSA) is 73.6 Å². The minimum atomic E-state index is -4.81. The summed E-state index contributed by atoms with van der Waals surface area (Å²) in [6, 6.07) is 8.47. The molecular weight excluding hydrogens is 462 g/mol. The fourth-order valence-corrected chi connectivity index (χ4v) is 4.91. The number of nitriles is 1. The van der Waals surface area contributed by atoms with E-state index in [2.05, 4.69) is 17.4 Å². The second kappa shape index (κ2) is 7.95. The van der Waals surface area contributed by atoms with Crippen molar-refractivity contribution in [3.05, 3.63) is 58.9 Å². The van der Waals surface area contributed by atoms with Crippen molar-refractivity contribution < 1.29 is 31.9 Å². The van der Waals surface area contributed by atoms with E-state index in [1.807, 2.05) is 0 Å². The van der Waals surface area contributed by atoms with Crippen molar-refractivity contribution >= 4 is 35.9 Å². The molecule has 0 N–H and O–H groups in total. The lowest BCUT2D eigenvalue weighted by molar-refractivity contribution is -0.137. The van der Waals surface area contributed by atoms with E-state index < -0.39 is 46.0 Å². The zero-order valence-corrected chi connectivity index (χ0v) is 18.1. The van der Waals surface area contributed by atoms with Gasteiger partial charge in [0.1, 0.15) is 5.54 Å². The van der Waals surface area contributed by atoms with Crippen LogP contribution in [0.1, 0.15) is 40.7 Å². The van der Waals surface area contributed by atoms with Crippen LogP contribution >= 0.6 is 12.6 Å². The molecule has 1 saturated heterocycles. The number of carbonyl (C=O) groups is 2. The average molecular weight is 479 g/mol. The second-order valence-electron chi connectivity index (χ2n) is 7.75. The number of anilines is 2. The van der Waals surface area contributed by atoms with Crippen molar-refractivity contribution in [2.75, 3.05) is 16.9 Å². The summed E-state index contributed by atoms with van der Waals surface area (Å²) >= 11 is 4.48. The Labute approximate surface area is 191 Å². The predicted octanol–water partition coefficient (Wildman–Crippen LogP) is 4.49. The first-order valence-electron chi connectivity index (χ1n) is 9.86. The number of alkyl halides is 3. The lowest BCUT2D eigenvalue weighted by atomic mass is 9.75. The van der Waals surface area contributed by atoms with Crippen molar-refractivity contribution in [2.45, 2.75) is 36.5 Å². The number of esters is 1. The third-order valence-corrected chi connectivity index (χ3v) is 6.53. The molecular formula is C22H17F4N3O3S. The number of hydrogen-bond donors (Lipinski definition) is 1. The van der Waals surface area contributed by atoms with Crippen LogP contribution in [0.25, 0.3) is 0 Å². The number of nitrogens with zero attached hydrogens (tertiary/aromatic N) is 3. The van der Waals surface area contributed by atoms with Crippen molar-refractivity contribution in [3.8, 4) is 6.07 Å². The summed E-state index contributed by atoms with van der Waals surface area (Å²) in [7, 11) is 1.10. The molecule has 0 bridgehead atoms. The minimum Gasteiger partial charge on any atom is -0.465 e. The van der Waals surface area contributed by atoms with Gasteiger partial charge in [0.25, 0.3) is 5.91 Å². The van der Waals surface area contributed by atoms with Gasteiger partial charge in [-0.1, -0.05) is 6.07 Å². The highest BCUT2D eigenvalue weighted by molar-refractivity contribution is 7.81. The van der Waals surface area contributed by atoms with Gasteiger partial charge in [0.15, 0.2) is 11.3 Å². The van der Waals surface area contributed by atoms with E-state index in [0.29, 0.717) is 19.3 Å². The van der Waals surface area contributed by atoms with Gasteiger partial charge in [-0.15, -0.1) is 12.6 Å². The predicted molar refractivity (Wildman–Crippen MR) is 113 cm³/mol. The molecule has 1 saturated carbocycles. The Bertz CT molecular complexity index is 1190. The first-order valence-corrected chi connectivity index (χ1v) is 10.4. The normalized spacial score (nSPS) is 19.4. The van der Waals surface area contributed by atoms with Gasteiger partial charge in [-0.25, -0.2) is 9.18 Å². The number of benzene rings is 2. The standard InChI is InChI=1S/C22H17F4N3O3S/c1-32-18(30)14-4-2-5-16(17(14)23)29-20(33)28(19(31)21(29)8-3-9-21)13-7-6-12(11-27)15(10-13)22(24,25)26/h2,4-7,10,20,33H,3,8-9H2,1H3. The number of thiol groups is 1. The van der Waals surface area contributed by atoms with Crippen molar-refractivity contribution in [1.29, 1.82) is 5.26 Å². The largest absolute Gasteiger partial charge is 0.465 e. The maximum Gasteiger partial charge on any atom is 0.417 e. The molecule has 1 aliphatic carbocycles. The molecule has 1 heterocycles. The number of amides is 1. The number of rotatable bonds is 3. The SMILES string of the molecule is COC(=O)c1cccc(N2C(S)N(c3ccc(C#N)c(C(F)(F)F)c3)C(=O)C23CCC3)c1F. The van der Waals surface area contributed by atoms with E-state index in [1.165, 1.54) is 35.2 Å². The van der Waals surface area contributed by atoms with Crippen LogP contribution in [-0.2, 0) is 15.7 Å². The lowest BCUT2D eigenvalue weighted by Crippen LogP contribution is -2.55. The van der Waals surface area contributed by atoms with Gasteiger partial charge in [0.2, 0.25) is 0 Å². The number of carbonyl (C=O) groups excluding carboxylic acids is 2. The molecule has 2 aromatic rings. The first kappa shape index (κ1) is 22.9. The molecule has 33 heavy (non-hydrogen) atoms. The highest BCUT2D eigenvalue weighted by Gasteiger charge is 2.60. The van der Waals surface area contributed by atoms with E-state index in [0.717, 1.165) is 24.1 Å². The van der Waals surface area contributed by atoms with Crippen LogP contribution in [-0.4, -0.2) is 30.0 Å². The third kappa shape index (κ3) is 3.40.